The van der Waals surface area contributed by atoms with E-state index in [1.807, 2.05) is 20.8 Å². The monoisotopic (exact) mass is 489 g/mol. The molecule has 0 bridgehead atoms. The molecule has 10 heteroatoms. The second-order valence-electron chi connectivity index (χ2n) is 9.69. The molecule has 6 nitrogen and oxygen atoms in total. The molecule has 2 N–H and O–H groups in total. The molecule has 0 atom stereocenters. The van der Waals surface area contributed by atoms with Gasteiger partial charge in [-0.1, -0.05) is 26.8 Å². The molecule has 0 saturated heterocycles. The molecule has 4 rings (SSSR count). The first-order valence-electron chi connectivity index (χ1n) is 10.8. The minimum absolute atomic E-state index is 0.114. The van der Waals surface area contributed by atoms with Gasteiger partial charge < -0.3 is 10.4 Å². The molecule has 0 unspecified atom stereocenters. The van der Waals surface area contributed by atoms with Crippen LogP contribution >= 0.6 is 0 Å². The average molecular weight is 489 g/mol. The zero-order valence-electron chi connectivity index (χ0n) is 19.2. The number of nitrogens with zero attached hydrogens (tertiary/aromatic N) is 2. The van der Waals surface area contributed by atoms with Crippen molar-refractivity contribution in [3.63, 3.8) is 0 Å². The molecule has 1 heterocycles. The molecule has 0 aliphatic heterocycles. The molecule has 1 aromatic heterocycles. The van der Waals surface area contributed by atoms with Crippen molar-refractivity contribution >= 4 is 17.6 Å². The zero-order chi connectivity index (χ0) is 25.8. The number of carboxylic acids is 1. The van der Waals surface area contributed by atoms with Gasteiger partial charge in [-0.3, -0.25) is 4.79 Å². The molecule has 1 saturated carbocycles. The quantitative estimate of drug-likeness (QED) is 0.451. The van der Waals surface area contributed by atoms with Crippen LogP contribution in [0.1, 0.15) is 60.7 Å². The number of nitrogens with one attached hydrogen (secondary N) is 1. The van der Waals surface area contributed by atoms with Crippen LogP contribution in [0.4, 0.5) is 23.2 Å². The molecule has 184 valence electrons. The fourth-order valence-electron chi connectivity index (χ4n) is 3.90. The minimum atomic E-state index is -4.70. The fourth-order valence-corrected chi connectivity index (χ4v) is 3.90. The topological polar surface area (TPSA) is 84.2 Å². The number of anilines is 1. The van der Waals surface area contributed by atoms with E-state index in [0.717, 1.165) is 17.7 Å². The van der Waals surface area contributed by atoms with Crippen LogP contribution in [-0.4, -0.2) is 26.8 Å². The van der Waals surface area contributed by atoms with Crippen LogP contribution < -0.4 is 5.32 Å². The second kappa shape index (κ2) is 8.21. The Hall–Kier alpha value is -3.69. The maximum absolute atomic E-state index is 14.5. The summed E-state index contributed by atoms with van der Waals surface area (Å²) in [5.74, 6) is -2.96. The zero-order valence-corrected chi connectivity index (χ0v) is 19.2. The summed E-state index contributed by atoms with van der Waals surface area (Å²) in [5.41, 5.74) is -1.51. The Morgan fingerprint density at radius 2 is 1.74 bits per heavy atom. The highest BCUT2D eigenvalue weighted by atomic mass is 19.4. The van der Waals surface area contributed by atoms with Crippen molar-refractivity contribution in [2.45, 2.75) is 50.6 Å². The Balaban J connectivity index is 1.61. The number of hydrogen-bond donors (Lipinski definition) is 2. The van der Waals surface area contributed by atoms with Gasteiger partial charge in [-0.15, -0.1) is 0 Å². The van der Waals surface area contributed by atoms with E-state index in [-0.39, 0.29) is 35.1 Å². The van der Waals surface area contributed by atoms with Crippen LogP contribution in [0.2, 0.25) is 0 Å². The van der Waals surface area contributed by atoms with E-state index in [4.69, 9.17) is 0 Å². The van der Waals surface area contributed by atoms with Gasteiger partial charge in [-0.25, -0.2) is 13.9 Å². The van der Waals surface area contributed by atoms with Crippen molar-refractivity contribution in [2.75, 3.05) is 5.32 Å². The number of hydrogen-bond acceptors (Lipinski definition) is 3. The first-order chi connectivity index (χ1) is 16.2. The third kappa shape index (κ3) is 4.65. The number of carbonyl (C=O) groups excluding carboxylic acids is 1. The standard InChI is InChI=1S/C25H23F4N3O3/c1-23(2,3)15-12-30-32(13-15)20-7-5-16(11-17(20)21(33)34)31-22(35)24(8-9-24)18-6-4-14(10-19(18)26)25(27,28)29/h4-7,10-13H,8-9H2,1-3H3,(H,31,35)(H,33,34). The smallest absolute Gasteiger partial charge is 0.416 e. The summed E-state index contributed by atoms with van der Waals surface area (Å²) < 4.78 is 54.6. The van der Waals surface area contributed by atoms with Crippen LogP contribution in [0, 0.1) is 5.82 Å². The van der Waals surface area contributed by atoms with Gasteiger partial charge in [0.15, 0.2) is 0 Å². The lowest BCUT2D eigenvalue weighted by atomic mass is 9.90. The minimum Gasteiger partial charge on any atom is -0.478 e. The number of benzene rings is 2. The number of halogens is 4. The molecule has 3 aromatic rings. The van der Waals surface area contributed by atoms with Gasteiger partial charge in [-0.05, 0) is 54.2 Å². The Labute approximate surface area is 198 Å². The van der Waals surface area contributed by atoms with Crippen LogP contribution in [0.5, 0.6) is 0 Å². The molecule has 1 aliphatic rings. The third-order valence-corrected chi connectivity index (χ3v) is 6.18. The van der Waals surface area contributed by atoms with Gasteiger partial charge in [0.2, 0.25) is 5.91 Å². The average Bonchev–Trinajstić information content (AvgIpc) is 3.40. The lowest BCUT2D eigenvalue weighted by molar-refractivity contribution is -0.137. The molecule has 35 heavy (non-hydrogen) atoms. The number of carbonyl (C=O) groups is 2. The van der Waals surface area contributed by atoms with Crippen molar-refractivity contribution in [1.82, 2.24) is 9.78 Å². The van der Waals surface area contributed by atoms with Gasteiger partial charge in [0, 0.05) is 17.4 Å². The lowest BCUT2D eigenvalue weighted by Crippen LogP contribution is -2.29. The summed E-state index contributed by atoms with van der Waals surface area (Å²) in [6, 6.07) is 6.39. The van der Waals surface area contributed by atoms with E-state index in [1.165, 1.54) is 22.9 Å². The molecule has 1 amide bonds. The predicted octanol–water partition coefficient (Wildman–Crippen LogP) is 5.70. The van der Waals surface area contributed by atoms with Gasteiger partial charge in [0.05, 0.1) is 28.4 Å². The third-order valence-electron chi connectivity index (χ3n) is 6.18. The van der Waals surface area contributed by atoms with Gasteiger partial charge in [0.25, 0.3) is 0 Å². The number of amides is 1. The van der Waals surface area contributed by atoms with Crippen molar-refractivity contribution in [3.05, 3.63) is 76.9 Å². The maximum Gasteiger partial charge on any atom is 0.416 e. The normalized spacial score (nSPS) is 15.1. The Kier molecular flexibility index (Phi) is 5.73. The summed E-state index contributed by atoms with van der Waals surface area (Å²) in [5, 5.41) is 16.6. The SMILES string of the molecule is CC(C)(C)c1cnn(-c2ccc(NC(=O)C3(c4ccc(C(F)(F)F)cc4F)CC3)cc2C(=O)O)c1. The van der Waals surface area contributed by atoms with E-state index in [0.29, 0.717) is 11.8 Å². The van der Waals surface area contributed by atoms with Crippen molar-refractivity contribution in [3.8, 4) is 5.69 Å². The molecule has 1 fully saturated rings. The van der Waals surface area contributed by atoms with Gasteiger partial charge in [-0.2, -0.15) is 18.3 Å². The lowest BCUT2D eigenvalue weighted by Gasteiger charge is -2.18. The van der Waals surface area contributed by atoms with Gasteiger partial charge >= 0.3 is 12.1 Å². The van der Waals surface area contributed by atoms with Crippen LogP contribution in [0.3, 0.4) is 0 Å². The number of rotatable bonds is 5. The highest BCUT2D eigenvalue weighted by Crippen LogP contribution is 2.50. The highest BCUT2D eigenvalue weighted by Gasteiger charge is 2.53. The molecule has 1 aliphatic carbocycles. The highest BCUT2D eigenvalue weighted by molar-refractivity contribution is 6.02. The molecular formula is C25H23F4N3O3. The summed E-state index contributed by atoms with van der Waals surface area (Å²) >= 11 is 0. The number of aromatic nitrogens is 2. The molecular weight excluding hydrogens is 466 g/mol. The summed E-state index contributed by atoms with van der Waals surface area (Å²) in [6.45, 7) is 5.99. The largest absolute Gasteiger partial charge is 0.478 e. The molecule has 2 aromatic carbocycles. The molecule has 0 spiro atoms. The Morgan fingerprint density at radius 1 is 1.06 bits per heavy atom. The number of alkyl halides is 3. The van der Waals surface area contributed by atoms with Crippen LogP contribution in [-0.2, 0) is 21.8 Å². The maximum atomic E-state index is 14.5. The Morgan fingerprint density at radius 3 is 2.26 bits per heavy atom. The summed E-state index contributed by atoms with van der Waals surface area (Å²) in [6.07, 6.45) is -0.805. The summed E-state index contributed by atoms with van der Waals surface area (Å²) in [4.78, 5) is 24.9. The predicted molar refractivity (Wildman–Crippen MR) is 120 cm³/mol. The van der Waals surface area contributed by atoms with Crippen molar-refractivity contribution in [1.29, 1.82) is 0 Å². The fraction of sp³-hybridized carbons (Fsp3) is 0.320. The van der Waals surface area contributed by atoms with E-state index >= 15 is 0 Å². The number of aromatic carboxylic acids is 1. The first-order valence-corrected chi connectivity index (χ1v) is 10.8. The Bertz CT molecular complexity index is 1320. The van der Waals surface area contributed by atoms with Crippen molar-refractivity contribution in [2.24, 2.45) is 0 Å². The van der Waals surface area contributed by atoms with E-state index in [2.05, 4.69) is 10.4 Å². The van der Waals surface area contributed by atoms with Crippen LogP contribution in [0.25, 0.3) is 5.69 Å². The van der Waals surface area contributed by atoms with E-state index in [1.54, 1.807) is 12.4 Å². The molecule has 0 radical (unpaired) electrons. The van der Waals surface area contributed by atoms with E-state index in [9.17, 15) is 32.3 Å². The van der Waals surface area contributed by atoms with E-state index < -0.39 is 34.8 Å². The van der Waals surface area contributed by atoms with Crippen molar-refractivity contribution < 1.29 is 32.3 Å². The van der Waals surface area contributed by atoms with Crippen LogP contribution in [0.15, 0.2) is 48.8 Å². The first kappa shape index (κ1) is 24.4. The number of carboxylic acid groups (broad SMARTS) is 1. The summed E-state index contributed by atoms with van der Waals surface area (Å²) in [7, 11) is 0. The second-order valence-corrected chi connectivity index (χ2v) is 9.69. The van der Waals surface area contributed by atoms with Gasteiger partial charge in [0.1, 0.15) is 5.82 Å².